The van der Waals surface area contributed by atoms with Crippen molar-refractivity contribution < 1.29 is 9.13 Å². The number of fused-ring (bicyclic) bond motifs is 1. The lowest BCUT2D eigenvalue weighted by atomic mass is 10.1. The molecule has 0 fully saturated rings. The number of halogens is 4. The van der Waals surface area contributed by atoms with E-state index in [0.717, 1.165) is 16.5 Å². The standard InChI is InChI=1S/C26H21Br2ClFN3O2/c1-3-15(2)25-32-23-9-6-18(27)11-21(23)26(34)33(25)31-13-17-10-19(29)12-22(28)24(17)35-14-16-4-7-20(30)8-5-16/h4-13,15H,3,14H2,1-2H3/t15-/m1/s1. The minimum atomic E-state index is -0.312. The fourth-order valence-electron chi connectivity index (χ4n) is 3.46. The summed E-state index contributed by atoms with van der Waals surface area (Å²) >= 11 is 13.2. The topological polar surface area (TPSA) is 56.5 Å². The molecule has 3 aromatic carbocycles. The van der Waals surface area contributed by atoms with Crippen LogP contribution in [0.5, 0.6) is 5.75 Å². The van der Waals surface area contributed by atoms with Crippen molar-refractivity contribution in [1.29, 1.82) is 0 Å². The number of ether oxygens (including phenoxy) is 1. The van der Waals surface area contributed by atoms with Gasteiger partial charge < -0.3 is 4.74 Å². The Morgan fingerprint density at radius 1 is 1.17 bits per heavy atom. The Kier molecular flexibility index (Phi) is 8.04. The Morgan fingerprint density at radius 3 is 2.63 bits per heavy atom. The maximum absolute atomic E-state index is 13.4. The normalized spacial score (nSPS) is 12.4. The van der Waals surface area contributed by atoms with Crippen LogP contribution in [0.2, 0.25) is 5.02 Å². The van der Waals surface area contributed by atoms with E-state index >= 15 is 0 Å². The Bertz CT molecular complexity index is 1470. The van der Waals surface area contributed by atoms with Crippen LogP contribution >= 0.6 is 43.5 Å². The first-order valence-electron chi connectivity index (χ1n) is 10.9. The van der Waals surface area contributed by atoms with Crippen molar-refractivity contribution >= 4 is 60.6 Å². The maximum atomic E-state index is 13.4. The molecule has 180 valence electrons. The summed E-state index contributed by atoms with van der Waals surface area (Å²) in [6.07, 6.45) is 2.33. The van der Waals surface area contributed by atoms with Gasteiger partial charge in [-0.05, 0) is 70.4 Å². The van der Waals surface area contributed by atoms with E-state index < -0.39 is 0 Å². The predicted octanol–water partition coefficient (Wildman–Crippen LogP) is 7.69. The third-order valence-electron chi connectivity index (χ3n) is 5.53. The fourth-order valence-corrected chi connectivity index (χ4v) is 4.77. The van der Waals surface area contributed by atoms with Crippen molar-refractivity contribution in [2.75, 3.05) is 0 Å². The summed E-state index contributed by atoms with van der Waals surface area (Å²) in [4.78, 5) is 18.1. The van der Waals surface area contributed by atoms with Gasteiger partial charge >= 0.3 is 0 Å². The first kappa shape index (κ1) is 25.5. The van der Waals surface area contributed by atoms with Gasteiger partial charge in [0.2, 0.25) is 0 Å². The summed E-state index contributed by atoms with van der Waals surface area (Å²) in [5, 5.41) is 5.46. The van der Waals surface area contributed by atoms with Crippen LogP contribution in [0, 0.1) is 5.82 Å². The van der Waals surface area contributed by atoms with Gasteiger partial charge in [0, 0.05) is 21.0 Å². The minimum absolute atomic E-state index is 0.00758. The van der Waals surface area contributed by atoms with Crippen molar-refractivity contribution in [3.63, 3.8) is 0 Å². The number of hydrogen-bond donors (Lipinski definition) is 0. The van der Waals surface area contributed by atoms with E-state index in [4.69, 9.17) is 21.3 Å². The van der Waals surface area contributed by atoms with E-state index in [0.29, 0.717) is 37.5 Å². The van der Waals surface area contributed by atoms with Gasteiger partial charge in [0.05, 0.1) is 21.6 Å². The van der Waals surface area contributed by atoms with Crippen LogP contribution in [-0.2, 0) is 6.61 Å². The SMILES string of the molecule is CC[C@@H](C)c1nc2ccc(Br)cc2c(=O)n1N=Cc1cc(Cl)cc(Br)c1OCc1ccc(F)cc1. The molecule has 0 radical (unpaired) electrons. The Balaban J connectivity index is 1.77. The molecule has 0 aliphatic rings. The third kappa shape index (κ3) is 5.82. The van der Waals surface area contributed by atoms with Crippen molar-refractivity contribution in [3.05, 3.63) is 102 Å². The van der Waals surface area contributed by atoms with E-state index in [-0.39, 0.29) is 23.9 Å². The van der Waals surface area contributed by atoms with Crippen LogP contribution in [-0.4, -0.2) is 15.9 Å². The van der Waals surface area contributed by atoms with Crippen LogP contribution in [0.1, 0.15) is 43.1 Å². The molecule has 1 aromatic heterocycles. The molecule has 0 amide bonds. The average molecular weight is 622 g/mol. The summed E-state index contributed by atoms with van der Waals surface area (Å²) < 4.78 is 22.0. The molecule has 4 rings (SSSR count). The summed E-state index contributed by atoms with van der Waals surface area (Å²) in [6.45, 7) is 4.25. The van der Waals surface area contributed by atoms with Crippen molar-refractivity contribution in [1.82, 2.24) is 9.66 Å². The smallest absolute Gasteiger partial charge is 0.282 e. The molecule has 0 saturated carbocycles. The summed E-state index contributed by atoms with van der Waals surface area (Å²) in [5.74, 6) is 0.761. The molecule has 0 spiro atoms. The second-order valence-electron chi connectivity index (χ2n) is 8.02. The first-order valence-corrected chi connectivity index (χ1v) is 12.9. The van der Waals surface area contributed by atoms with Gasteiger partial charge in [-0.3, -0.25) is 4.79 Å². The molecule has 1 atom stereocenters. The molecular formula is C26H21Br2ClFN3O2. The van der Waals surface area contributed by atoms with Crippen LogP contribution in [0.15, 0.2) is 73.4 Å². The Morgan fingerprint density at radius 2 is 1.91 bits per heavy atom. The number of nitrogens with zero attached hydrogens (tertiary/aromatic N) is 3. The van der Waals surface area contributed by atoms with Crippen LogP contribution in [0.25, 0.3) is 10.9 Å². The van der Waals surface area contributed by atoms with Gasteiger partial charge in [-0.15, -0.1) is 0 Å². The fraction of sp³-hybridized carbons (Fsp3) is 0.192. The second-order valence-corrected chi connectivity index (χ2v) is 10.2. The molecule has 5 nitrogen and oxygen atoms in total. The van der Waals surface area contributed by atoms with Gasteiger partial charge in [0.25, 0.3) is 5.56 Å². The maximum Gasteiger partial charge on any atom is 0.282 e. The molecule has 0 N–H and O–H groups in total. The predicted molar refractivity (Wildman–Crippen MR) is 145 cm³/mol. The lowest BCUT2D eigenvalue weighted by molar-refractivity contribution is 0.303. The van der Waals surface area contributed by atoms with Crippen molar-refractivity contribution in [2.45, 2.75) is 32.8 Å². The minimum Gasteiger partial charge on any atom is -0.487 e. The van der Waals surface area contributed by atoms with Crippen LogP contribution in [0.3, 0.4) is 0 Å². The third-order valence-corrected chi connectivity index (χ3v) is 6.83. The van der Waals surface area contributed by atoms with Crippen LogP contribution in [0.4, 0.5) is 4.39 Å². The molecule has 9 heteroatoms. The van der Waals surface area contributed by atoms with Gasteiger partial charge in [-0.1, -0.05) is 53.5 Å². The Labute approximate surface area is 223 Å². The van der Waals surface area contributed by atoms with Gasteiger partial charge in [0.1, 0.15) is 24.0 Å². The number of rotatable bonds is 7. The quantitative estimate of drug-likeness (QED) is 0.199. The largest absolute Gasteiger partial charge is 0.487 e. The van der Waals surface area contributed by atoms with Crippen molar-refractivity contribution in [2.24, 2.45) is 5.10 Å². The zero-order valence-corrected chi connectivity index (χ0v) is 22.9. The summed E-state index contributed by atoms with van der Waals surface area (Å²) in [5.41, 5.74) is 1.73. The first-order chi connectivity index (χ1) is 16.8. The van der Waals surface area contributed by atoms with Gasteiger partial charge in [-0.2, -0.15) is 9.78 Å². The van der Waals surface area contributed by atoms with E-state index in [1.807, 2.05) is 26.0 Å². The highest BCUT2D eigenvalue weighted by molar-refractivity contribution is 9.10. The zero-order chi connectivity index (χ0) is 25.1. The highest BCUT2D eigenvalue weighted by Gasteiger charge is 2.16. The van der Waals surface area contributed by atoms with Gasteiger partial charge in [0.15, 0.2) is 0 Å². The molecule has 35 heavy (non-hydrogen) atoms. The van der Waals surface area contributed by atoms with E-state index in [2.05, 4.69) is 37.0 Å². The number of hydrogen-bond acceptors (Lipinski definition) is 4. The van der Waals surface area contributed by atoms with Gasteiger partial charge in [-0.25, -0.2) is 9.37 Å². The average Bonchev–Trinajstić information content (AvgIpc) is 2.83. The van der Waals surface area contributed by atoms with Crippen molar-refractivity contribution in [3.8, 4) is 5.75 Å². The monoisotopic (exact) mass is 619 g/mol. The highest BCUT2D eigenvalue weighted by Crippen LogP contribution is 2.33. The second kappa shape index (κ2) is 11.0. The molecule has 0 aliphatic heterocycles. The number of benzene rings is 3. The van der Waals surface area contributed by atoms with E-state index in [9.17, 15) is 9.18 Å². The van der Waals surface area contributed by atoms with E-state index in [1.54, 1.807) is 30.3 Å². The Hall–Kier alpha value is -2.55. The highest BCUT2D eigenvalue weighted by atomic mass is 79.9. The molecule has 4 aromatic rings. The van der Waals surface area contributed by atoms with E-state index in [1.165, 1.54) is 23.0 Å². The molecule has 0 unspecified atom stereocenters. The molecule has 0 bridgehead atoms. The summed E-state index contributed by atoms with van der Waals surface area (Å²) in [6, 6.07) is 14.9. The molecule has 1 heterocycles. The number of aromatic nitrogens is 2. The summed E-state index contributed by atoms with van der Waals surface area (Å²) in [7, 11) is 0. The molecule has 0 aliphatic carbocycles. The molecular weight excluding hydrogens is 601 g/mol. The van der Waals surface area contributed by atoms with Crippen LogP contribution < -0.4 is 10.3 Å². The lowest BCUT2D eigenvalue weighted by Gasteiger charge is -2.15. The molecule has 0 saturated heterocycles. The zero-order valence-electron chi connectivity index (χ0n) is 18.9. The lowest BCUT2D eigenvalue weighted by Crippen LogP contribution is -2.23.